The van der Waals surface area contributed by atoms with Crippen LogP contribution < -0.4 is 10.6 Å². The molecule has 0 saturated heterocycles. The Morgan fingerprint density at radius 3 is 2.88 bits per heavy atom. The van der Waals surface area contributed by atoms with Crippen LogP contribution in [0.1, 0.15) is 32.0 Å². The molecule has 5 nitrogen and oxygen atoms in total. The summed E-state index contributed by atoms with van der Waals surface area (Å²) < 4.78 is 0. The van der Waals surface area contributed by atoms with Crippen LogP contribution in [-0.4, -0.2) is 27.0 Å². The Balaban J connectivity index is 1.82. The highest BCUT2D eigenvalue weighted by molar-refractivity contribution is 5.91. The number of fused-ring (bicyclic) bond motifs is 2. The van der Waals surface area contributed by atoms with E-state index in [1.165, 1.54) is 11.3 Å². The number of aromatic amines is 1. The summed E-state index contributed by atoms with van der Waals surface area (Å²) in [5.41, 5.74) is 6.70. The van der Waals surface area contributed by atoms with Crippen molar-refractivity contribution in [3.8, 4) is 11.3 Å². The summed E-state index contributed by atoms with van der Waals surface area (Å²) in [6.07, 6.45) is 2.85. The van der Waals surface area contributed by atoms with E-state index < -0.39 is 0 Å². The molecule has 5 heteroatoms. The fourth-order valence-electron chi connectivity index (χ4n) is 3.20. The zero-order valence-electron chi connectivity index (χ0n) is 14.4. The van der Waals surface area contributed by atoms with Crippen LogP contribution in [0.4, 0.5) is 5.82 Å². The summed E-state index contributed by atoms with van der Waals surface area (Å²) in [6, 6.07) is 8.41. The molecule has 0 fully saturated rings. The average Bonchev–Trinajstić information content (AvgIpc) is 2.96. The van der Waals surface area contributed by atoms with Crippen LogP contribution in [-0.2, 0) is 13.0 Å². The number of rotatable bonds is 2. The fraction of sp³-hybridized carbons (Fsp3) is 0.368. The standard InChI is InChI=1S/C19H23N5/c1-19(2,3)24-17-11-21-15-6-4-5-13(18(15)23-17)16-9-12-10-20-8-7-14(12)22-16/h4-6,9,11,20,22H,7-8,10H2,1-3H3,(H,23,24). The van der Waals surface area contributed by atoms with E-state index in [1.54, 1.807) is 6.20 Å². The van der Waals surface area contributed by atoms with E-state index in [0.717, 1.165) is 47.6 Å². The number of nitrogens with zero attached hydrogens (tertiary/aromatic N) is 2. The van der Waals surface area contributed by atoms with Crippen LogP contribution in [0, 0.1) is 0 Å². The number of nitrogens with one attached hydrogen (secondary N) is 3. The number of hydrogen-bond acceptors (Lipinski definition) is 4. The third-order valence-electron chi connectivity index (χ3n) is 4.23. The van der Waals surface area contributed by atoms with Crippen LogP contribution >= 0.6 is 0 Å². The molecule has 24 heavy (non-hydrogen) atoms. The highest BCUT2D eigenvalue weighted by Gasteiger charge is 2.16. The monoisotopic (exact) mass is 321 g/mol. The van der Waals surface area contributed by atoms with Crippen molar-refractivity contribution in [2.45, 2.75) is 39.3 Å². The molecule has 3 heterocycles. The lowest BCUT2D eigenvalue weighted by Crippen LogP contribution is -2.26. The van der Waals surface area contributed by atoms with E-state index in [0.29, 0.717) is 0 Å². The van der Waals surface area contributed by atoms with Crippen LogP contribution in [0.2, 0.25) is 0 Å². The van der Waals surface area contributed by atoms with Gasteiger partial charge in [-0.15, -0.1) is 0 Å². The Labute approximate surface area is 141 Å². The molecule has 3 N–H and O–H groups in total. The maximum atomic E-state index is 4.83. The number of aromatic nitrogens is 3. The van der Waals surface area contributed by atoms with Crippen LogP contribution in [0.3, 0.4) is 0 Å². The third kappa shape index (κ3) is 2.87. The number of para-hydroxylation sites is 1. The summed E-state index contributed by atoms with van der Waals surface area (Å²) in [6.45, 7) is 8.32. The molecule has 4 rings (SSSR count). The van der Waals surface area contributed by atoms with Gasteiger partial charge in [0.25, 0.3) is 0 Å². The minimum atomic E-state index is -0.0471. The summed E-state index contributed by atoms with van der Waals surface area (Å²) in [4.78, 5) is 13.0. The van der Waals surface area contributed by atoms with E-state index in [4.69, 9.17) is 4.98 Å². The topological polar surface area (TPSA) is 65.6 Å². The SMILES string of the molecule is CC(C)(C)Nc1cnc2cccc(-c3cc4c([nH]3)CCNC4)c2n1. The Kier molecular flexibility index (Phi) is 3.53. The smallest absolute Gasteiger partial charge is 0.145 e. The van der Waals surface area contributed by atoms with Crippen molar-refractivity contribution < 1.29 is 0 Å². The first-order valence-corrected chi connectivity index (χ1v) is 8.45. The zero-order valence-corrected chi connectivity index (χ0v) is 14.4. The van der Waals surface area contributed by atoms with Gasteiger partial charge in [-0.25, -0.2) is 4.98 Å². The van der Waals surface area contributed by atoms with Gasteiger partial charge in [-0.05, 0) is 38.5 Å². The lowest BCUT2D eigenvalue weighted by molar-refractivity contribution is 0.630. The van der Waals surface area contributed by atoms with Gasteiger partial charge in [0.1, 0.15) is 11.3 Å². The Hall–Kier alpha value is -2.40. The van der Waals surface area contributed by atoms with Gasteiger partial charge in [0.2, 0.25) is 0 Å². The predicted octanol–water partition coefficient (Wildman–Crippen LogP) is 3.48. The molecule has 3 aromatic rings. The Morgan fingerprint density at radius 1 is 1.21 bits per heavy atom. The van der Waals surface area contributed by atoms with Crippen LogP contribution in [0.15, 0.2) is 30.5 Å². The molecule has 0 unspecified atom stereocenters. The van der Waals surface area contributed by atoms with E-state index in [9.17, 15) is 0 Å². The summed E-state index contributed by atoms with van der Waals surface area (Å²) in [7, 11) is 0. The van der Waals surface area contributed by atoms with Gasteiger partial charge in [-0.2, -0.15) is 0 Å². The fourth-order valence-corrected chi connectivity index (χ4v) is 3.20. The molecule has 0 atom stereocenters. The van der Waals surface area contributed by atoms with E-state index in [-0.39, 0.29) is 5.54 Å². The van der Waals surface area contributed by atoms with E-state index >= 15 is 0 Å². The normalized spacial score (nSPS) is 14.6. The number of H-pyrrole nitrogens is 1. The maximum absolute atomic E-state index is 4.83. The largest absolute Gasteiger partial charge is 0.364 e. The van der Waals surface area contributed by atoms with Gasteiger partial charge in [-0.3, -0.25) is 4.98 Å². The molecule has 0 spiro atoms. The first-order chi connectivity index (χ1) is 11.5. The molecule has 0 saturated carbocycles. The van der Waals surface area contributed by atoms with Crippen molar-refractivity contribution in [2.24, 2.45) is 0 Å². The van der Waals surface area contributed by atoms with Gasteiger partial charge in [0.15, 0.2) is 0 Å². The molecule has 124 valence electrons. The second-order valence-corrected chi connectivity index (χ2v) is 7.42. The van der Waals surface area contributed by atoms with Crippen molar-refractivity contribution in [3.63, 3.8) is 0 Å². The minimum absolute atomic E-state index is 0.0471. The van der Waals surface area contributed by atoms with Crippen molar-refractivity contribution in [2.75, 3.05) is 11.9 Å². The first-order valence-electron chi connectivity index (χ1n) is 8.45. The molecule has 0 amide bonds. The lowest BCUT2D eigenvalue weighted by Gasteiger charge is -2.21. The highest BCUT2D eigenvalue weighted by atomic mass is 15.1. The Morgan fingerprint density at radius 2 is 2.08 bits per heavy atom. The Bertz CT molecular complexity index is 865. The van der Waals surface area contributed by atoms with Crippen LogP contribution in [0.5, 0.6) is 0 Å². The average molecular weight is 321 g/mol. The van der Waals surface area contributed by atoms with Gasteiger partial charge in [-0.1, -0.05) is 12.1 Å². The molecular formula is C19H23N5. The van der Waals surface area contributed by atoms with Gasteiger partial charge < -0.3 is 15.6 Å². The van der Waals surface area contributed by atoms with Crippen molar-refractivity contribution in [1.82, 2.24) is 20.3 Å². The van der Waals surface area contributed by atoms with Crippen molar-refractivity contribution >= 4 is 16.9 Å². The van der Waals surface area contributed by atoms with E-state index in [2.05, 4.69) is 53.5 Å². The molecule has 1 aliphatic heterocycles. The van der Waals surface area contributed by atoms with Gasteiger partial charge >= 0.3 is 0 Å². The number of benzene rings is 1. The quantitative estimate of drug-likeness (QED) is 0.676. The second-order valence-electron chi connectivity index (χ2n) is 7.42. The van der Waals surface area contributed by atoms with Gasteiger partial charge in [0.05, 0.1) is 11.7 Å². The third-order valence-corrected chi connectivity index (χ3v) is 4.23. The maximum Gasteiger partial charge on any atom is 0.145 e. The highest BCUT2D eigenvalue weighted by Crippen LogP contribution is 2.29. The van der Waals surface area contributed by atoms with Crippen molar-refractivity contribution in [3.05, 3.63) is 41.7 Å². The zero-order chi connectivity index (χ0) is 16.7. The number of anilines is 1. The molecule has 2 aromatic heterocycles. The summed E-state index contributed by atoms with van der Waals surface area (Å²) in [5.74, 6) is 0.806. The lowest BCUT2D eigenvalue weighted by atomic mass is 10.1. The second kappa shape index (κ2) is 5.60. The predicted molar refractivity (Wildman–Crippen MR) is 98.1 cm³/mol. The minimum Gasteiger partial charge on any atom is -0.364 e. The molecular weight excluding hydrogens is 298 g/mol. The van der Waals surface area contributed by atoms with Crippen LogP contribution in [0.25, 0.3) is 22.3 Å². The van der Waals surface area contributed by atoms with E-state index in [1.807, 2.05) is 12.1 Å². The summed E-state index contributed by atoms with van der Waals surface area (Å²) >= 11 is 0. The first kappa shape index (κ1) is 15.1. The number of hydrogen-bond donors (Lipinski definition) is 3. The van der Waals surface area contributed by atoms with Crippen molar-refractivity contribution in [1.29, 1.82) is 0 Å². The molecule has 0 radical (unpaired) electrons. The molecule has 0 aliphatic carbocycles. The molecule has 0 bridgehead atoms. The summed E-state index contributed by atoms with van der Waals surface area (Å²) in [5, 5.41) is 6.83. The van der Waals surface area contributed by atoms with Gasteiger partial charge in [0, 0.05) is 42.0 Å². The molecule has 1 aliphatic rings. The molecule has 1 aromatic carbocycles.